The predicted octanol–water partition coefficient (Wildman–Crippen LogP) is 6.84. The van der Waals surface area contributed by atoms with Crippen LogP contribution < -0.4 is 4.90 Å². The maximum absolute atomic E-state index is 11.2. The molecule has 0 radical (unpaired) electrons. The van der Waals surface area contributed by atoms with Gasteiger partial charge in [0.2, 0.25) is 5.69 Å². The third kappa shape index (κ3) is 15.6. The van der Waals surface area contributed by atoms with Crippen molar-refractivity contribution < 1.29 is 38.4 Å². The van der Waals surface area contributed by atoms with Crippen molar-refractivity contribution in [1.82, 2.24) is 0 Å². The van der Waals surface area contributed by atoms with Gasteiger partial charge in [-0.3, -0.25) is 0 Å². The van der Waals surface area contributed by atoms with Gasteiger partial charge < -0.3 is 33.7 Å². The number of unbranched alkanes of at least 4 members (excludes halogenated alkanes) is 3. The molecular formula is C34H45N5O8S. The molecular weight excluding hydrogens is 638 g/mol. The zero-order chi connectivity index (χ0) is 35.0. The molecule has 0 fully saturated rings. The zero-order valence-electron chi connectivity index (χ0n) is 27.9. The molecule has 1 heterocycles. The number of thiophene rings is 1. The summed E-state index contributed by atoms with van der Waals surface area (Å²) in [5.41, 5.74) is 3.77. The Kier molecular flexibility index (Phi) is 20.0. The third-order valence-electron chi connectivity index (χ3n) is 6.84. The van der Waals surface area contributed by atoms with Crippen molar-refractivity contribution in [2.45, 2.75) is 46.5 Å². The first-order chi connectivity index (χ1) is 23.3. The van der Waals surface area contributed by atoms with E-state index in [4.69, 9.17) is 35.4 Å². The van der Waals surface area contributed by atoms with Gasteiger partial charge in [-0.1, -0.05) is 26.2 Å². The largest absolute Gasteiger partial charge is 0.478 e. The van der Waals surface area contributed by atoms with Crippen LogP contribution in [-0.4, -0.2) is 89.6 Å². The minimum atomic E-state index is -1.22. The number of rotatable bonds is 25. The summed E-state index contributed by atoms with van der Waals surface area (Å²) in [6.45, 7) is 18.2. The molecule has 2 aromatic rings. The topological polar surface area (TPSA) is 157 Å². The molecule has 0 unspecified atom stereocenters. The Morgan fingerprint density at radius 3 is 2.17 bits per heavy atom. The van der Waals surface area contributed by atoms with E-state index >= 15 is 0 Å². The number of nitrogens with zero attached hydrogens (tertiary/aromatic N) is 5. The van der Waals surface area contributed by atoms with E-state index in [2.05, 4.69) is 39.0 Å². The van der Waals surface area contributed by atoms with Crippen molar-refractivity contribution >= 4 is 45.3 Å². The van der Waals surface area contributed by atoms with Crippen LogP contribution in [0.25, 0.3) is 4.85 Å². The number of carboxylic acids is 1. The van der Waals surface area contributed by atoms with Crippen molar-refractivity contribution in [3.8, 4) is 6.07 Å². The van der Waals surface area contributed by atoms with Gasteiger partial charge >= 0.3 is 11.9 Å². The molecule has 0 saturated carbocycles. The van der Waals surface area contributed by atoms with Crippen LogP contribution in [-0.2, 0) is 33.3 Å². The lowest BCUT2D eigenvalue weighted by Gasteiger charge is -2.25. The van der Waals surface area contributed by atoms with E-state index in [-0.39, 0.29) is 13.2 Å². The fourth-order valence-corrected chi connectivity index (χ4v) is 5.13. The number of carbonyl (C=O) groups is 2. The van der Waals surface area contributed by atoms with Crippen molar-refractivity contribution in [2.24, 2.45) is 10.2 Å². The number of carboxylic acid groups (broad SMARTS) is 1. The third-order valence-corrected chi connectivity index (χ3v) is 7.91. The Balaban J connectivity index is 1.69. The highest BCUT2D eigenvalue weighted by molar-refractivity contribution is 7.17. The first-order valence-corrected chi connectivity index (χ1v) is 16.7. The molecule has 260 valence electrons. The second-order valence-electron chi connectivity index (χ2n) is 10.4. The number of aryl methyl sites for hydroxylation is 1. The highest BCUT2D eigenvalue weighted by atomic mass is 32.1. The Bertz CT molecular complexity index is 1430. The number of azo groups is 1. The molecule has 1 aromatic heterocycles. The van der Waals surface area contributed by atoms with Gasteiger partial charge in [0.15, 0.2) is 0 Å². The van der Waals surface area contributed by atoms with Crippen LogP contribution in [0.1, 0.15) is 48.6 Å². The fraction of sp³-hybridized carbons (Fsp3) is 0.529. The van der Waals surface area contributed by atoms with Gasteiger partial charge in [0.1, 0.15) is 17.7 Å². The maximum atomic E-state index is 11.2. The van der Waals surface area contributed by atoms with E-state index in [1.807, 2.05) is 19.1 Å². The van der Waals surface area contributed by atoms with Crippen LogP contribution in [0.2, 0.25) is 0 Å². The lowest BCUT2D eigenvalue weighted by atomic mass is 10.1. The number of esters is 1. The average molecular weight is 684 g/mol. The van der Waals surface area contributed by atoms with Crippen LogP contribution in [0.5, 0.6) is 0 Å². The summed E-state index contributed by atoms with van der Waals surface area (Å²) in [7, 11) is 0. The molecule has 0 amide bonds. The van der Waals surface area contributed by atoms with Gasteiger partial charge in [-0.05, 0) is 49.6 Å². The standard InChI is InChI=1S/C34H45N5O8S/c1-5-6-7-8-13-39(28-9-10-29(26(2)24-28)37-38-34-33(36-4)27(3)30(25-35)48-34)14-15-43-16-17-44-18-19-45-20-21-46-22-23-47-32(42)12-11-31(40)41/h9-12,24H,5-8,13-23H2,1-3H3,(H,40,41)/b12-11-,38-37?. The number of carbonyl (C=O) groups excluding carboxylic acids is 1. The van der Waals surface area contributed by atoms with E-state index in [0.717, 1.165) is 36.8 Å². The number of aliphatic carboxylic acids is 1. The number of anilines is 1. The highest BCUT2D eigenvalue weighted by Gasteiger charge is 2.15. The van der Waals surface area contributed by atoms with Gasteiger partial charge in [-0.15, -0.1) is 11.3 Å². The Labute approximate surface area is 286 Å². The van der Waals surface area contributed by atoms with Crippen LogP contribution in [0.4, 0.5) is 22.1 Å². The first kappa shape index (κ1) is 40.0. The molecule has 0 saturated heterocycles. The van der Waals surface area contributed by atoms with Gasteiger partial charge in [0.25, 0.3) is 0 Å². The lowest BCUT2D eigenvalue weighted by molar-refractivity contribution is -0.140. The number of ether oxygens (including phenoxy) is 5. The van der Waals surface area contributed by atoms with Crippen molar-refractivity contribution in [1.29, 1.82) is 5.26 Å². The fourth-order valence-electron chi connectivity index (χ4n) is 4.27. The molecule has 0 aliphatic heterocycles. The molecule has 0 bridgehead atoms. The summed E-state index contributed by atoms with van der Waals surface area (Å²) < 4.78 is 27.0. The van der Waals surface area contributed by atoms with Crippen LogP contribution >= 0.6 is 11.3 Å². The summed E-state index contributed by atoms with van der Waals surface area (Å²) in [5, 5.41) is 26.9. The lowest BCUT2D eigenvalue weighted by Crippen LogP contribution is -2.29. The second-order valence-corrected chi connectivity index (χ2v) is 11.4. The Hall–Kier alpha value is -4.18. The smallest absolute Gasteiger partial charge is 0.331 e. The van der Waals surface area contributed by atoms with Crippen molar-refractivity contribution in [2.75, 3.05) is 77.5 Å². The molecule has 0 atom stereocenters. The minimum absolute atomic E-state index is 0.0238. The van der Waals surface area contributed by atoms with Gasteiger partial charge in [0, 0.05) is 30.9 Å². The molecule has 2 rings (SSSR count). The highest BCUT2D eigenvalue weighted by Crippen LogP contribution is 2.42. The van der Waals surface area contributed by atoms with E-state index in [0.29, 0.717) is 79.1 Å². The maximum Gasteiger partial charge on any atom is 0.331 e. The van der Waals surface area contributed by atoms with Crippen molar-refractivity contribution in [3.63, 3.8) is 0 Å². The molecule has 0 aliphatic rings. The molecule has 1 N–H and O–H groups in total. The minimum Gasteiger partial charge on any atom is -0.478 e. The SMILES string of the molecule is [C-]#[N+]c1c(N=Nc2ccc(N(CCCCCC)CCOCCOCCOCCOCCOC(=O)/C=C\C(=O)O)cc2C)sc(C#N)c1C. The summed E-state index contributed by atoms with van der Waals surface area (Å²) in [5.74, 6) is -1.95. The average Bonchev–Trinajstić information content (AvgIpc) is 3.39. The summed E-state index contributed by atoms with van der Waals surface area (Å²) >= 11 is 1.18. The Morgan fingerprint density at radius 1 is 0.938 bits per heavy atom. The Morgan fingerprint density at radius 2 is 1.58 bits per heavy atom. The molecule has 0 aliphatic carbocycles. The second kappa shape index (κ2) is 24.0. The molecule has 0 spiro atoms. The first-order valence-electron chi connectivity index (χ1n) is 15.9. The normalized spacial score (nSPS) is 11.2. The van der Waals surface area contributed by atoms with E-state index in [9.17, 15) is 14.9 Å². The molecule has 1 aromatic carbocycles. The monoisotopic (exact) mass is 683 g/mol. The van der Waals surface area contributed by atoms with E-state index in [1.54, 1.807) is 6.92 Å². The van der Waals surface area contributed by atoms with Crippen molar-refractivity contribution in [3.05, 3.63) is 57.8 Å². The number of nitriles is 1. The van der Waals surface area contributed by atoms with E-state index in [1.165, 1.54) is 30.6 Å². The number of benzene rings is 1. The number of hydrogen-bond acceptors (Lipinski definition) is 12. The van der Waals surface area contributed by atoms with Gasteiger partial charge in [-0.25, -0.2) is 14.4 Å². The molecule has 13 nitrogen and oxygen atoms in total. The summed E-state index contributed by atoms with van der Waals surface area (Å²) in [6.07, 6.45) is 6.18. The summed E-state index contributed by atoms with van der Waals surface area (Å²) in [4.78, 5) is 27.9. The zero-order valence-corrected chi connectivity index (χ0v) is 28.8. The van der Waals surface area contributed by atoms with E-state index < -0.39 is 11.9 Å². The predicted molar refractivity (Wildman–Crippen MR) is 183 cm³/mol. The molecule has 14 heteroatoms. The number of hydrogen-bond donors (Lipinski definition) is 1. The molecule has 48 heavy (non-hydrogen) atoms. The quantitative estimate of drug-likeness (QED) is 0.0386. The van der Waals surface area contributed by atoms with Crippen LogP contribution in [0.3, 0.4) is 0 Å². The van der Waals surface area contributed by atoms with Crippen LogP contribution in [0.15, 0.2) is 40.6 Å². The van der Waals surface area contributed by atoms with Crippen LogP contribution in [0, 0.1) is 31.8 Å². The summed E-state index contributed by atoms with van der Waals surface area (Å²) in [6, 6.07) is 8.17. The van der Waals surface area contributed by atoms with Gasteiger partial charge in [0.05, 0.1) is 70.0 Å². The van der Waals surface area contributed by atoms with Gasteiger partial charge in [-0.2, -0.15) is 15.5 Å².